The smallest absolute Gasteiger partial charge is 0.236 e. The molecule has 1 heterocycles. The summed E-state index contributed by atoms with van der Waals surface area (Å²) in [5, 5.41) is 8.58. The summed E-state index contributed by atoms with van der Waals surface area (Å²) in [6, 6.07) is 7.50. The highest BCUT2D eigenvalue weighted by atomic mass is 16.5. The van der Waals surface area contributed by atoms with Crippen LogP contribution in [-0.2, 0) is 16.0 Å². The van der Waals surface area contributed by atoms with Crippen LogP contribution in [0.25, 0.3) is 0 Å². The summed E-state index contributed by atoms with van der Waals surface area (Å²) in [4.78, 5) is 27.5. The van der Waals surface area contributed by atoms with Gasteiger partial charge in [0.15, 0.2) is 11.5 Å². The molecule has 1 aromatic carbocycles. The Kier molecular flexibility index (Phi) is 6.63. The van der Waals surface area contributed by atoms with Gasteiger partial charge in [-0.15, -0.1) is 0 Å². The third kappa shape index (κ3) is 4.86. The molecule has 0 unspecified atom stereocenters. The first-order valence-corrected chi connectivity index (χ1v) is 8.22. The number of nitriles is 1. The van der Waals surface area contributed by atoms with Crippen LogP contribution in [0.4, 0.5) is 0 Å². The first kappa shape index (κ1) is 18.6. The van der Waals surface area contributed by atoms with Crippen molar-refractivity contribution in [1.29, 1.82) is 5.26 Å². The van der Waals surface area contributed by atoms with Crippen molar-refractivity contribution in [2.24, 2.45) is 0 Å². The third-order valence-electron chi connectivity index (χ3n) is 4.29. The average molecular weight is 345 g/mol. The van der Waals surface area contributed by atoms with Gasteiger partial charge >= 0.3 is 0 Å². The molecule has 25 heavy (non-hydrogen) atoms. The number of methoxy groups -OCH3 is 2. The molecule has 7 heteroatoms. The van der Waals surface area contributed by atoms with Gasteiger partial charge in [0.25, 0.3) is 0 Å². The van der Waals surface area contributed by atoms with Gasteiger partial charge in [0.2, 0.25) is 11.8 Å². The van der Waals surface area contributed by atoms with Crippen molar-refractivity contribution in [2.45, 2.75) is 19.3 Å². The van der Waals surface area contributed by atoms with Crippen LogP contribution in [0.5, 0.6) is 11.5 Å². The number of ether oxygens (including phenoxy) is 2. The zero-order chi connectivity index (χ0) is 18.2. The van der Waals surface area contributed by atoms with Gasteiger partial charge in [-0.25, -0.2) is 0 Å². The predicted octanol–water partition coefficient (Wildman–Crippen LogP) is 1.22. The summed E-state index contributed by atoms with van der Waals surface area (Å²) in [5.41, 5.74) is 1.01. The summed E-state index contributed by atoms with van der Waals surface area (Å²) in [5.74, 6) is 1.22. The number of rotatable bonds is 6. The molecule has 0 atom stereocenters. The van der Waals surface area contributed by atoms with Crippen LogP contribution in [0.3, 0.4) is 0 Å². The molecular weight excluding hydrogens is 322 g/mol. The van der Waals surface area contributed by atoms with Crippen molar-refractivity contribution in [3.8, 4) is 17.6 Å². The second-order valence-electron chi connectivity index (χ2n) is 5.79. The van der Waals surface area contributed by atoms with Crippen molar-refractivity contribution in [2.75, 3.05) is 40.4 Å². The Morgan fingerprint density at radius 2 is 1.64 bits per heavy atom. The van der Waals surface area contributed by atoms with Crippen molar-refractivity contribution in [1.82, 2.24) is 9.80 Å². The number of carbonyl (C=O) groups is 2. The largest absolute Gasteiger partial charge is 0.493 e. The van der Waals surface area contributed by atoms with E-state index in [-0.39, 0.29) is 18.2 Å². The van der Waals surface area contributed by atoms with Gasteiger partial charge in [-0.2, -0.15) is 5.26 Å². The molecule has 1 aromatic rings. The molecule has 2 amide bonds. The van der Waals surface area contributed by atoms with Crippen LogP contribution < -0.4 is 9.47 Å². The summed E-state index contributed by atoms with van der Waals surface area (Å²) < 4.78 is 10.5. The Bertz CT molecular complexity index is 661. The number of benzene rings is 1. The molecule has 1 fully saturated rings. The molecule has 1 aliphatic rings. The molecule has 0 aromatic heterocycles. The highest BCUT2D eigenvalue weighted by Gasteiger charge is 2.23. The molecular formula is C18H23N3O4. The summed E-state index contributed by atoms with van der Waals surface area (Å²) in [6.45, 7) is 2.01. The summed E-state index contributed by atoms with van der Waals surface area (Å²) in [7, 11) is 3.17. The van der Waals surface area contributed by atoms with E-state index in [1.807, 2.05) is 24.3 Å². The minimum absolute atomic E-state index is 0.0715. The SMILES string of the molecule is COc1ccc(CCC(=O)N2CCN(C(=O)CC#N)CC2)cc1OC. The second-order valence-corrected chi connectivity index (χ2v) is 5.79. The van der Waals surface area contributed by atoms with Gasteiger partial charge in [-0.1, -0.05) is 6.07 Å². The molecule has 0 spiro atoms. The van der Waals surface area contributed by atoms with Crippen molar-refractivity contribution < 1.29 is 19.1 Å². The maximum absolute atomic E-state index is 12.4. The van der Waals surface area contributed by atoms with Gasteiger partial charge < -0.3 is 19.3 Å². The minimum atomic E-state index is -0.167. The van der Waals surface area contributed by atoms with E-state index in [0.29, 0.717) is 50.5 Å². The van der Waals surface area contributed by atoms with Gasteiger partial charge in [-0.05, 0) is 24.1 Å². The van der Waals surface area contributed by atoms with E-state index in [1.165, 1.54) is 0 Å². The number of aryl methyl sites for hydroxylation is 1. The number of hydrogen-bond acceptors (Lipinski definition) is 5. The van der Waals surface area contributed by atoms with Crippen LogP contribution >= 0.6 is 0 Å². The maximum Gasteiger partial charge on any atom is 0.236 e. The molecule has 1 aliphatic heterocycles. The van der Waals surface area contributed by atoms with Crippen LogP contribution in [0, 0.1) is 11.3 Å². The zero-order valence-corrected chi connectivity index (χ0v) is 14.7. The van der Waals surface area contributed by atoms with E-state index in [9.17, 15) is 9.59 Å². The Morgan fingerprint density at radius 1 is 1.04 bits per heavy atom. The highest BCUT2D eigenvalue weighted by molar-refractivity contribution is 5.79. The van der Waals surface area contributed by atoms with E-state index in [1.54, 1.807) is 24.0 Å². The number of amides is 2. The van der Waals surface area contributed by atoms with Gasteiger partial charge in [0.1, 0.15) is 6.42 Å². The predicted molar refractivity (Wildman–Crippen MR) is 91.3 cm³/mol. The number of nitrogens with zero attached hydrogens (tertiary/aromatic N) is 3. The molecule has 0 aliphatic carbocycles. The van der Waals surface area contributed by atoms with Crippen LogP contribution in [0.15, 0.2) is 18.2 Å². The van der Waals surface area contributed by atoms with Crippen molar-refractivity contribution in [3.05, 3.63) is 23.8 Å². The van der Waals surface area contributed by atoms with E-state index >= 15 is 0 Å². The van der Waals surface area contributed by atoms with E-state index in [0.717, 1.165) is 5.56 Å². The van der Waals surface area contributed by atoms with Crippen molar-refractivity contribution >= 4 is 11.8 Å². The lowest BCUT2D eigenvalue weighted by Gasteiger charge is -2.34. The monoisotopic (exact) mass is 345 g/mol. The Balaban J connectivity index is 1.83. The molecule has 0 N–H and O–H groups in total. The van der Waals surface area contributed by atoms with E-state index < -0.39 is 0 Å². The number of carbonyl (C=O) groups excluding carboxylic acids is 2. The van der Waals surface area contributed by atoms with Crippen LogP contribution in [-0.4, -0.2) is 62.0 Å². The lowest BCUT2D eigenvalue weighted by atomic mass is 10.1. The van der Waals surface area contributed by atoms with Crippen molar-refractivity contribution in [3.63, 3.8) is 0 Å². The average Bonchev–Trinajstić information content (AvgIpc) is 2.66. The topological polar surface area (TPSA) is 82.9 Å². The fraction of sp³-hybridized carbons (Fsp3) is 0.500. The first-order chi connectivity index (χ1) is 12.1. The molecule has 1 saturated heterocycles. The summed E-state index contributed by atoms with van der Waals surface area (Å²) in [6.07, 6.45) is 0.918. The quantitative estimate of drug-likeness (QED) is 0.774. The molecule has 0 radical (unpaired) electrons. The fourth-order valence-corrected chi connectivity index (χ4v) is 2.83. The minimum Gasteiger partial charge on any atom is -0.493 e. The lowest BCUT2D eigenvalue weighted by Crippen LogP contribution is -2.50. The molecule has 0 bridgehead atoms. The fourth-order valence-electron chi connectivity index (χ4n) is 2.83. The molecule has 134 valence electrons. The number of piperazine rings is 1. The lowest BCUT2D eigenvalue weighted by molar-refractivity contribution is -0.139. The van der Waals surface area contributed by atoms with Crippen LogP contribution in [0.1, 0.15) is 18.4 Å². The second kappa shape index (κ2) is 8.92. The first-order valence-electron chi connectivity index (χ1n) is 8.22. The molecule has 7 nitrogen and oxygen atoms in total. The Labute approximate surface area is 147 Å². The third-order valence-corrected chi connectivity index (χ3v) is 4.29. The highest BCUT2D eigenvalue weighted by Crippen LogP contribution is 2.28. The van der Waals surface area contributed by atoms with E-state index in [2.05, 4.69) is 0 Å². The van der Waals surface area contributed by atoms with Gasteiger partial charge in [0, 0.05) is 32.6 Å². The molecule has 2 rings (SSSR count). The number of hydrogen-bond donors (Lipinski definition) is 0. The van der Waals surface area contributed by atoms with Crippen LogP contribution in [0.2, 0.25) is 0 Å². The maximum atomic E-state index is 12.4. The zero-order valence-electron chi connectivity index (χ0n) is 14.7. The molecule has 0 saturated carbocycles. The standard InChI is InChI=1S/C18H23N3O4/c1-24-15-5-3-14(13-16(15)25-2)4-6-17(22)20-9-11-21(12-10-20)18(23)7-8-19/h3,5,13H,4,6-7,9-12H2,1-2H3. The normalized spacial score (nSPS) is 14.0. The van der Waals surface area contributed by atoms with Gasteiger partial charge in [-0.3, -0.25) is 9.59 Å². The van der Waals surface area contributed by atoms with E-state index in [4.69, 9.17) is 14.7 Å². The summed E-state index contributed by atoms with van der Waals surface area (Å²) >= 11 is 0. The van der Waals surface area contributed by atoms with Gasteiger partial charge in [0.05, 0.1) is 20.3 Å². The Hall–Kier alpha value is -2.75. The Morgan fingerprint density at radius 3 is 2.20 bits per heavy atom.